The zero-order valence-corrected chi connectivity index (χ0v) is 12.7. The van der Waals surface area contributed by atoms with Crippen molar-refractivity contribution in [1.82, 2.24) is 0 Å². The molecule has 0 aliphatic heterocycles. The maximum absolute atomic E-state index is 12.6. The molecule has 0 fully saturated rings. The summed E-state index contributed by atoms with van der Waals surface area (Å²) >= 11 is 0. The zero-order chi connectivity index (χ0) is 16.8. The zero-order valence-electron chi connectivity index (χ0n) is 12.7. The number of methoxy groups -OCH3 is 1. The quantitative estimate of drug-likeness (QED) is 0.656. The number of ketones is 2. The van der Waals surface area contributed by atoms with E-state index in [1.54, 1.807) is 13.8 Å². The van der Waals surface area contributed by atoms with Gasteiger partial charge in [-0.25, -0.2) is 0 Å². The summed E-state index contributed by atoms with van der Waals surface area (Å²) < 4.78 is 4.96. The maximum Gasteiger partial charge on any atom is 0.229 e. The van der Waals surface area contributed by atoms with Crippen molar-refractivity contribution in [1.29, 1.82) is 0 Å². The van der Waals surface area contributed by atoms with Crippen molar-refractivity contribution in [2.24, 2.45) is 0 Å². The second-order valence-corrected chi connectivity index (χ2v) is 5.36. The van der Waals surface area contributed by atoms with Crippen LogP contribution in [0.4, 0.5) is 0 Å². The highest BCUT2D eigenvalue weighted by molar-refractivity contribution is 6.29. The summed E-state index contributed by atoms with van der Waals surface area (Å²) in [5.74, 6) is -2.92. The molecule has 116 valence electrons. The molecule has 0 bridgehead atoms. The Balaban J connectivity index is 3.02. The van der Waals surface area contributed by atoms with Gasteiger partial charge in [0.2, 0.25) is 5.78 Å². The fraction of sp³-hybridized carbons (Fsp3) is 0.312. The third kappa shape index (κ3) is 1.91. The molecule has 0 heterocycles. The molecule has 0 saturated heterocycles. The highest BCUT2D eigenvalue weighted by atomic mass is 16.5. The van der Waals surface area contributed by atoms with Crippen LogP contribution in [0.15, 0.2) is 11.3 Å². The summed E-state index contributed by atoms with van der Waals surface area (Å²) in [6.45, 7) is 4.85. The molecule has 0 aromatic heterocycles. The van der Waals surface area contributed by atoms with Gasteiger partial charge in [0.1, 0.15) is 0 Å². The van der Waals surface area contributed by atoms with Crippen LogP contribution in [0.5, 0.6) is 11.5 Å². The van der Waals surface area contributed by atoms with Crippen LogP contribution in [0.2, 0.25) is 0 Å². The monoisotopic (exact) mass is 304 g/mol. The van der Waals surface area contributed by atoms with Gasteiger partial charge in [0.15, 0.2) is 29.3 Å². The van der Waals surface area contributed by atoms with Gasteiger partial charge in [-0.3, -0.25) is 14.4 Å². The Morgan fingerprint density at radius 2 is 1.64 bits per heavy atom. The number of benzene rings is 1. The van der Waals surface area contributed by atoms with E-state index < -0.39 is 28.6 Å². The van der Waals surface area contributed by atoms with E-state index in [1.165, 1.54) is 14.0 Å². The minimum Gasteiger partial charge on any atom is -0.504 e. The van der Waals surface area contributed by atoms with Gasteiger partial charge in [0, 0.05) is 16.7 Å². The summed E-state index contributed by atoms with van der Waals surface area (Å²) in [7, 11) is 1.25. The van der Waals surface area contributed by atoms with Gasteiger partial charge in [-0.05, 0) is 12.8 Å². The molecule has 0 atom stereocenters. The number of aromatic hydroxyl groups is 2. The molecule has 0 unspecified atom stereocenters. The van der Waals surface area contributed by atoms with E-state index in [0.717, 1.165) is 0 Å². The molecule has 22 heavy (non-hydrogen) atoms. The first-order chi connectivity index (χ1) is 10.3. The van der Waals surface area contributed by atoms with E-state index >= 15 is 0 Å². The third-order valence-corrected chi connectivity index (χ3v) is 3.76. The normalized spacial score (nSPS) is 14.4. The number of phenolic OH excluding ortho intramolecular Hbond substituents is 2. The first-order valence-electron chi connectivity index (χ1n) is 6.69. The van der Waals surface area contributed by atoms with E-state index in [1.807, 2.05) is 0 Å². The lowest BCUT2D eigenvalue weighted by atomic mass is 9.79. The number of allylic oxidation sites excluding steroid dienone is 2. The molecule has 6 nitrogen and oxygen atoms in total. The van der Waals surface area contributed by atoms with Crippen molar-refractivity contribution < 1.29 is 29.3 Å². The highest BCUT2D eigenvalue weighted by Gasteiger charge is 2.38. The fourth-order valence-electron chi connectivity index (χ4n) is 2.73. The van der Waals surface area contributed by atoms with E-state index in [-0.39, 0.29) is 40.2 Å². The van der Waals surface area contributed by atoms with Crippen molar-refractivity contribution in [2.75, 3.05) is 7.11 Å². The van der Waals surface area contributed by atoms with Gasteiger partial charge < -0.3 is 14.9 Å². The number of hydrogen-bond acceptors (Lipinski definition) is 6. The molecule has 6 heteroatoms. The number of ether oxygens (including phenoxy) is 1. The first-order valence-corrected chi connectivity index (χ1v) is 6.69. The minimum atomic E-state index is -0.700. The van der Waals surface area contributed by atoms with E-state index in [2.05, 4.69) is 0 Å². The highest BCUT2D eigenvalue weighted by Crippen LogP contribution is 2.44. The van der Waals surface area contributed by atoms with Crippen LogP contribution in [-0.2, 0) is 4.74 Å². The summed E-state index contributed by atoms with van der Waals surface area (Å²) in [5.41, 5.74) is -0.427. The number of phenols is 2. The predicted molar refractivity (Wildman–Crippen MR) is 77.6 cm³/mol. The molecule has 0 spiro atoms. The SMILES string of the molecule is COC1=C(C)C(=O)c2c(c(C=O)c(O)c(O)c2C(C)C)C1=O. The predicted octanol–water partition coefficient (Wildman–Crippen LogP) is 2.33. The topological polar surface area (TPSA) is 101 Å². The van der Waals surface area contributed by atoms with Gasteiger partial charge in [0.05, 0.1) is 18.2 Å². The van der Waals surface area contributed by atoms with Crippen LogP contribution in [0, 0.1) is 0 Å². The number of hydrogen-bond donors (Lipinski definition) is 2. The maximum atomic E-state index is 12.6. The average Bonchev–Trinajstić information content (AvgIpc) is 2.47. The van der Waals surface area contributed by atoms with Gasteiger partial charge >= 0.3 is 0 Å². The van der Waals surface area contributed by atoms with Crippen LogP contribution in [0.1, 0.15) is 63.3 Å². The molecule has 1 aliphatic rings. The standard InChI is InChI=1S/C16H16O6/c1-6(2)9-11-10(8(5-17)13(19)14(9)20)15(21)16(22-4)7(3)12(11)18/h5-6,19-20H,1-4H3. The van der Waals surface area contributed by atoms with Crippen molar-refractivity contribution >= 4 is 17.9 Å². The smallest absolute Gasteiger partial charge is 0.229 e. The van der Waals surface area contributed by atoms with Crippen LogP contribution in [0.25, 0.3) is 0 Å². The number of fused-ring (bicyclic) bond motifs is 1. The molecule has 0 radical (unpaired) electrons. The first kappa shape index (κ1) is 15.8. The second kappa shape index (κ2) is 5.29. The summed E-state index contributed by atoms with van der Waals surface area (Å²) in [6, 6.07) is 0. The number of carbonyl (C=O) groups is 3. The number of aldehydes is 1. The summed E-state index contributed by atoms with van der Waals surface area (Å²) in [6.07, 6.45) is 0.247. The van der Waals surface area contributed by atoms with E-state index in [0.29, 0.717) is 0 Å². The molecule has 0 saturated carbocycles. The van der Waals surface area contributed by atoms with Gasteiger partial charge in [-0.15, -0.1) is 0 Å². The molecule has 0 amide bonds. The third-order valence-electron chi connectivity index (χ3n) is 3.76. The Morgan fingerprint density at radius 1 is 1.05 bits per heavy atom. The van der Waals surface area contributed by atoms with Crippen molar-refractivity contribution in [3.05, 3.63) is 33.6 Å². The van der Waals surface area contributed by atoms with Crippen molar-refractivity contribution in [3.8, 4) is 11.5 Å². The van der Waals surface area contributed by atoms with Gasteiger partial charge in [-0.1, -0.05) is 13.8 Å². The summed E-state index contributed by atoms with van der Waals surface area (Å²) in [4.78, 5) is 36.4. The molecular weight excluding hydrogens is 288 g/mol. The second-order valence-electron chi connectivity index (χ2n) is 5.36. The molecule has 1 aromatic carbocycles. The van der Waals surface area contributed by atoms with Crippen LogP contribution in [0.3, 0.4) is 0 Å². The number of Topliss-reactive ketones (excluding diaryl/α,β-unsaturated/α-hetero) is 2. The minimum absolute atomic E-state index is 0.0456. The Labute approximate surface area is 127 Å². The Kier molecular flexibility index (Phi) is 3.79. The molecular formula is C16H16O6. The van der Waals surface area contributed by atoms with Crippen LogP contribution in [-0.4, -0.2) is 35.2 Å². The van der Waals surface area contributed by atoms with E-state index in [9.17, 15) is 24.6 Å². The summed E-state index contributed by atoms with van der Waals surface area (Å²) in [5, 5.41) is 20.1. The van der Waals surface area contributed by atoms with Crippen molar-refractivity contribution in [3.63, 3.8) is 0 Å². The average molecular weight is 304 g/mol. The number of carbonyl (C=O) groups excluding carboxylic acids is 3. The lowest BCUT2D eigenvalue weighted by molar-refractivity contribution is 0.0901. The van der Waals surface area contributed by atoms with E-state index in [4.69, 9.17) is 4.74 Å². The lowest BCUT2D eigenvalue weighted by Gasteiger charge is -2.24. The Morgan fingerprint density at radius 3 is 2.09 bits per heavy atom. The van der Waals surface area contributed by atoms with Crippen LogP contribution < -0.4 is 0 Å². The molecule has 1 aliphatic carbocycles. The van der Waals surface area contributed by atoms with Gasteiger partial charge in [-0.2, -0.15) is 0 Å². The number of rotatable bonds is 3. The largest absolute Gasteiger partial charge is 0.504 e. The molecule has 2 N–H and O–H groups in total. The van der Waals surface area contributed by atoms with Crippen molar-refractivity contribution in [2.45, 2.75) is 26.7 Å². The Hall–Kier alpha value is -2.63. The van der Waals surface area contributed by atoms with Crippen LogP contribution >= 0.6 is 0 Å². The molecule has 1 aromatic rings. The lowest BCUT2D eigenvalue weighted by Crippen LogP contribution is -2.25. The van der Waals surface area contributed by atoms with Gasteiger partial charge in [0.25, 0.3) is 0 Å². The fourth-order valence-corrected chi connectivity index (χ4v) is 2.73. The molecule has 2 rings (SSSR count). The Bertz CT molecular complexity index is 740.